The van der Waals surface area contributed by atoms with Gasteiger partial charge in [-0.15, -0.1) is 0 Å². The summed E-state index contributed by atoms with van der Waals surface area (Å²) in [5.41, 5.74) is -2.36. The number of ether oxygens (including phenoxy) is 3. The first-order valence-electron chi connectivity index (χ1n) is 13.8. The van der Waals surface area contributed by atoms with E-state index in [1.807, 2.05) is 0 Å². The predicted molar refractivity (Wildman–Crippen MR) is 152 cm³/mol. The predicted octanol–water partition coefficient (Wildman–Crippen LogP) is 2.25. The lowest BCUT2D eigenvalue weighted by Crippen LogP contribution is -2.53. The summed E-state index contributed by atoms with van der Waals surface area (Å²) in [4.78, 5) is 73.5. The number of hydrogen-bond acceptors (Lipinski definition) is 9. The van der Waals surface area contributed by atoms with Gasteiger partial charge in [-0.05, 0) is 88.0 Å². The molecule has 0 aromatic heterocycles. The van der Waals surface area contributed by atoms with Crippen LogP contribution in [0.25, 0.3) is 0 Å². The highest BCUT2D eigenvalue weighted by Crippen LogP contribution is 2.15. The first-order valence-corrected chi connectivity index (χ1v) is 13.8. The van der Waals surface area contributed by atoms with E-state index in [2.05, 4.69) is 21.3 Å². The molecule has 0 aliphatic carbocycles. The number of unbranched alkanes of at least 4 members (excludes halogenated alkanes) is 1. The third-order valence-electron chi connectivity index (χ3n) is 4.79. The van der Waals surface area contributed by atoms with Gasteiger partial charge in [-0.1, -0.05) is 0 Å². The summed E-state index contributed by atoms with van der Waals surface area (Å²) in [5.74, 6) is -2.60. The Bertz CT molecular complexity index is 915. The van der Waals surface area contributed by atoms with Crippen molar-refractivity contribution in [2.75, 3.05) is 13.1 Å². The van der Waals surface area contributed by atoms with Crippen LogP contribution in [0.4, 0.5) is 4.79 Å². The molecule has 236 valence electrons. The fourth-order valence-electron chi connectivity index (χ4n) is 3.23. The number of nitrogens with one attached hydrogen (secondary N) is 4. The number of carbonyl (C=O) groups is 6. The fourth-order valence-corrected chi connectivity index (χ4v) is 3.23. The molecule has 0 fully saturated rings. The van der Waals surface area contributed by atoms with E-state index in [4.69, 9.17) is 14.2 Å². The molecule has 0 aliphatic heterocycles. The lowest BCUT2D eigenvalue weighted by atomic mass is 10.1. The van der Waals surface area contributed by atoms with Crippen LogP contribution in [-0.2, 0) is 38.2 Å². The second kappa shape index (κ2) is 16.8. The summed E-state index contributed by atoms with van der Waals surface area (Å²) in [7, 11) is 0. The first-order chi connectivity index (χ1) is 18.6. The molecule has 0 rings (SSSR count). The summed E-state index contributed by atoms with van der Waals surface area (Å²) in [6.45, 7) is 16.8. The van der Waals surface area contributed by atoms with Crippen LogP contribution in [0.3, 0.4) is 0 Å². The number of hydrogen-bond donors (Lipinski definition) is 4. The van der Waals surface area contributed by atoms with E-state index >= 15 is 0 Å². The Morgan fingerprint density at radius 1 is 0.634 bits per heavy atom. The lowest BCUT2D eigenvalue weighted by Gasteiger charge is -2.27. The smallest absolute Gasteiger partial charge is 0.329 e. The largest absolute Gasteiger partial charge is 0.460 e. The molecule has 0 saturated carbocycles. The zero-order valence-corrected chi connectivity index (χ0v) is 26.3. The highest BCUT2D eigenvalue weighted by Gasteiger charge is 2.31. The number of urea groups is 1. The Hall–Kier alpha value is -3.38. The third-order valence-corrected chi connectivity index (χ3v) is 4.79. The Labute approximate surface area is 243 Å². The number of amides is 4. The minimum Gasteiger partial charge on any atom is -0.460 e. The van der Waals surface area contributed by atoms with Gasteiger partial charge in [-0.25, -0.2) is 14.4 Å². The monoisotopic (exact) mass is 586 g/mol. The number of carbonyl (C=O) groups excluding carboxylic acids is 6. The molecule has 0 bridgehead atoms. The van der Waals surface area contributed by atoms with Gasteiger partial charge in [0.2, 0.25) is 11.8 Å². The van der Waals surface area contributed by atoms with Gasteiger partial charge >= 0.3 is 23.9 Å². The van der Waals surface area contributed by atoms with Crippen LogP contribution in [-0.4, -0.2) is 77.7 Å². The van der Waals surface area contributed by atoms with E-state index in [9.17, 15) is 28.8 Å². The van der Waals surface area contributed by atoms with Crippen molar-refractivity contribution in [2.45, 2.75) is 130 Å². The van der Waals surface area contributed by atoms with E-state index in [-0.39, 0.29) is 37.6 Å². The molecule has 0 aromatic carbocycles. The zero-order valence-electron chi connectivity index (χ0n) is 26.3. The van der Waals surface area contributed by atoms with Gasteiger partial charge in [0, 0.05) is 19.9 Å². The molecule has 0 heterocycles. The molecule has 0 spiro atoms. The Morgan fingerprint density at radius 3 is 1.54 bits per heavy atom. The van der Waals surface area contributed by atoms with Crippen molar-refractivity contribution in [3.8, 4) is 0 Å². The maximum atomic E-state index is 12.9. The van der Waals surface area contributed by atoms with Gasteiger partial charge in [0.25, 0.3) is 0 Å². The van der Waals surface area contributed by atoms with Crippen LogP contribution < -0.4 is 21.3 Å². The molecule has 0 aromatic rings. The van der Waals surface area contributed by atoms with E-state index in [0.29, 0.717) is 19.4 Å². The van der Waals surface area contributed by atoms with Crippen LogP contribution in [0.2, 0.25) is 0 Å². The Balaban J connectivity index is 5.34. The van der Waals surface area contributed by atoms with Crippen LogP contribution in [0, 0.1) is 0 Å². The standard InChI is InChI=1S/C28H50N4O9/c1-18(33)30-17-21(34)29-16-12-11-13-19(23(36)40-27(5,6)7)31-25(38)32-20(24(37)41-28(8,9)10)14-15-22(35)39-26(2,3)4/h19-20H,11-17H2,1-10H3,(H,29,34)(H,30,33)(H2,31,32,38). The summed E-state index contributed by atoms with van der Waals surface area (Å²) < 4.78 is 16.2. The minimum absolute atomic E-state index is 0.0769. The molecule has 13 heteroatoms. The molecular weight excluding hydrogens is 536 g/mol. The van der Waals surface area contributed by atoms with E-state index < -0.39 is 52.8 Å². The van der Waals surface area contributed by atoms with Gasteiger partial charge in [0.1, 0.15) is 28.9 Å². The van der Waals surface area contributed by atoms with Crippen molar-refractivity contribution in [3.05, 3.63) is 0 Å². The van der Waals surface area contributed by atoms with Crippen LogP contribution in [0.5, 0.6) is 0 Å². The Kier molecular flexibility index (Phi) is 15.4. The minimum atomic E-state index is -1.18. The lowest BCUT2D eigenvalue weighted by molar-refractivity contribution is -0.159. The average Bonchev–Trinajstić information content (AvgIpc) is 2.75. The molecule has 4 amide bonds. The van der Waals surface area contributed by atoms with Gasteiger partial charge in [0.15, 0.2) is 0 Å². The third kappa shape index (κ3) is 21.1. The van der Waals surface area contributed by atoms with Gasteiger partial charge in [-0.2, -0.15) is 0 Å². The van der Waals surface area contributed by atoms with Crippen molar-refractivity contribution in [1.29, 1.82) is 0 Å². The number of esters is 3. The van der Waals surface area contributed by atoms with E-state index in [1.165, 1.54) is 6.92 Å². The molecule has 2 atom stereocenters. The van der Waals surface area contributed by atoms with E-state index in [0.717, 1.165) is 0 Å². The number of rotatable bonds is 14. The molecule has 0 aliphatic rings. The molecule has 41 heavy (non-hydrogen) atoms. The highest BCUT2D eigenvalue weighted by atomic mass is 16.6. The maximum Gasteiger partial charge on any atom is 0.329 e. The fraction of sp³-hybridized carbons (Fsp3) is 0.786. The first kappa shape index (κ1) is 37.6. The maximum absolute atomic E-state index is 12.9. The summed E-state index contributed by atoms with van der Waals surface area (Å²) in [5, 5.41) is 10.1. The van der Waals surface area contributed by atoms with Gasteiger partial charge in [0.05, 0.1) is 6.54 Å². The molecule has 0 saturated heterocycles. The SMILES string of the molecule is CC(=O)NCC(=O)NCCCCC(NC(=O)NC(CCC(=O)OC(C)(C)C)C(=O)OC(C)(C)C)C(=O)OC(C)(C)C. The summed E-state index contributed by atoms with van der Waals surface area (Å²) in [6.07, 6.45) is 0.902. The zero-order chi connectivity index (χ0) is 32.0. The molecule has 0 radical (unpaired) electrons. The van der Waals surface area contributed by atoms with Crippen LogP contribution in [0.15, 0.2) is 0 Å². The van der Waals surface area contributed by atoms with Gasteiger partial charge in [-0.3, -0.25) is 14.4 Å². The molecule has 2 unspecified atom stereocenters. The second-order valence-electron chi connectivity index (χ2n) is 12.7. The topological polar surface area (TPSA) is 178 Å². The van der Waals surface area contributed by atoms with Crippen molar-refractivity contribution in [2.24, 2.45) is 0 Å². The molecular formula is C28H50N4O9. The van der Waals surface area contributed by atoms with Crippen molar-refractivity contribution in [1.82, 2.24) is 21.3 Å². The van der Waals surface area contributed by atoms with Crippen LogP contribution in [0.1, 0.15) is 101 Å². The molecule has 13 nitrogen and oxygen atoms in total. The summed E-state index contributed by atoms with van der Waals surface area (Å²) in [6, 6.07) is -3.04. The van der Waals surface area contributed by atoms with Crippen molar-refractivity contribution in [3.63, 3.8) is 0 Å². The normalized spacial score (nSPS) is 13.2. The second-order valence-corrected chi connectivity index (χ2v) is 12.7. The van der Waals surface area contributed by atoms with Gasteiger partial charge < -0.3 is 35.5 Å². The summed E-state index contributed by atoms with van der Waals surface area (Å²) >= 11 is 0. The van der Waals surface area contributed by atoms with Crippen LogP contribution >= 0.6 is 0 Å². The highest BCUT2D eigenvalue weighted by molar-refractivity contribution is 5.87. The van der Waals surface area contributed by atoms with Crippen molar-refractivity contribution < 1.29 is 43.0 Å². The van der Waals surface area contributed by atoms with E-state index in [1.54, 1.807) is 62.3 Å². The molecule has 4 N–H and O–H groups in total. The quantitative estimate of drug-likeness (QED) is 0.135. The van der Waals surface area contributed by atoms with Crippen molar-refractivity contribution >= 4 is 35.8 Å². The Morgan fingerprint density at radius 2 is 1.10 bits per heavy atom. The average molecular weight is 587 g/mol.